The first kappa shape index (κ1) is 16.2. The van der Waals surface area contributed by atoms with Crippen molar-refractivity contribution in [2.75, 3.05) is 13.1 Å². The van der Waals surface area contributed by atoms with Gasteiger partial charge in [0.05, 0.1) is 5.56 Å². The van der Waals surface area contributed by atoms with Gasteiger partial charge in [-0.15, -0.1) is 24.8 Å². The second kappa shape index (κ2) is 8.34. The number of hydrogen-bond acceptors (Lipinski definition) is 3. The topological polar surface area (TPSA) is 38.3 Å². The monoisotopic (exact) mass is 277 g/mol. The number of hydrogen-bond donors (Lipinski definition) is 1. The molecule has 0 aliphatic carbocycles. The molecule has 1 aliphatic rings. The van der Waals surface area contributed by atoms with E-state index in [4.69, 9.17) is 4.74 Å². The van der Waals surface area contributed by atoms with Crippen LogP contribution in [0.2, 0.25) is 0 Å². The first-order chi connectivity index (χ1) is 7.36. The molecule has 0 spiro atoms. The molecule has 0 unspecified atom stereocenters. The van der Waals surface area contributed by atoms with Crippen LogP contribution in [0, 0.1) is 0 Å². The first-order valence-electron chi connectivity index (χ1n) is 5.33. The molecule has 1 aliphatic heterocycles. The Balaban J connectivity index is 0.00000128. The highest BCUT2D eigenvalue weighted by atomic mass is 35.5. The van der Waals surface area contributed by atoms with E-state index in [0.717, 1.165) is 25.9 Å². The maximum Gasteiger partial charge on any atom is 0.338 e. The fourth-order valence-electron chi connectivity index (χ4n) is 1.71. The van der Waals surface area contributed by atoms with E-state index < -0.39 is 0 Å². The minimum absolute atomic E-state index is 0. The number of halogens is 2. The lowest BCUT2D eigenvalue weighted by molar-refractivity contribution is 0.0229. The lowest BCUT2D eigenvalue weighted by Gasteiger charge is -2.22. The minimum atomic E-state index is -0.206. The molecule has 17 heavy (non-hydrogen) atoms. The van der Waals surface area contributed by atoms with Gasteiger partial charge in [0, 0.05) is 0 Å². The number of carbonyl (C=O) groups excluding carboxylic acids is 1. The van der Waals surface area contributed by atoms with Crippen LogP contribution in [0.4, 0.5) is 0 Å². The molecule has 1 heterocycles. The molecular weight excluding hydrogens is 261 g/mol. The SMILES string of the molecule is Cl.Cl.O=C(OC1CCNCC1)c1ccccc1. The number of ether oxygens (including phenoxy) is 1. The van der Waals surface area contributed by atoms with Crippen LogP contribution >= 0.6 is 24.8 Å². The summed E-state index contributed by atoms with van der Waals surface area (Å²) >= 11 is 0. The third-order valence-electron chi connectivity index (χ3n) is 2.57. The second-order valence-corrected chi connectivity index (χ2v) is 3.72. The van der Waals surface area contributed by atoms with Crippen LogP contribution in [0.5, 0.6) is 0 Å². The van der Waals surface area contributed by atoms with Gasteiger partial charge in [0.2, 0.25) is 0 Å². The van der Waals surface area contributed by atoms with Crippen molar-refractivity contribution < 1.29 is 9.53 Å². The molecule has 1 N–H and O–H groups in total. The number of piperidine rings is 1. The van der Waals surface area contributed by atoms with Crippen LogP contribution in [0.1, 0.15) is 23.2 Å². The number of benzene rings is 1. The molecule has 96 valence electrons. The van der Waals surface area contributed by atoms with E-state index in [9.17, 15) is 4.79 Å². The van der Waals surface area contributed by atoms with Crippen molar-refractivity contribution in [1.29, 1.82) is 0 Å². The standard InChI is InChI=1S/C12H15NO2.2ClH/c14-12(10-4-2-1-3-5-10)15-11-6-8-13-9-7-11;;/h1-5,11,13H,6-9H2;2*1H. The molecule has 1 saturated heterocycles. The number of carbonyl (C=O) groups is 1. The molecule has 0 amide bonds. The van der Waals surface area contributed by atoms with Gasteiger partial charge < -0.3 is 10.1 Å². The lowest BCUT2D eigenvalue weighted by atomic mass is 10.1. The predicted molar refractivity (Wildman–Crippen MR) is 72.2 cm³/mol. The summed E-state index contributed by atoms with van der Waals surface area (Å²) in [5.74, 6) is -0.206. The lowest BCUT2D eigenvalue weighted by Crippen LogP contribution is -2.33. The van der Waals surface area contributed by atoms with Gasteiger partial charge >= 0.3 is 5.97 Å². The van der Waals surface area contributed by atoms with Crippen molar-refractivity contribution in [2.45, 2.75) is 18.9 Å². The summed E-state index contributed by atoms with van der Waals surface area (Å²) in [6.07, 6.45) is 1.91. The van der Waals surface area contributed by atoms with Crippen molar-refractivity contribution in [1.82, 2.24) is 5.32 Å². The van der Waals surface area contributed by atoms with Gasteiger partial charge in [-0.05, 0) is 38.1 Å². The molecule has 1 aromatic carbocycles. The van der Waals surface area contributed by atoms with Crippen LogP contribution in [-0.4, -0.2) is 25.2 Å². The van der Waals surface area contributed by atoms with E-state index in [0.29, 0.717) is 5.56 Å². The Morgan fingerprint density at radius 3 is 2.29 bits per heavy atom. The van der Waals surface area contributed by atoms with E-state index in [1.807, 2.05) is 18.2 Å². The van der Waals surface area contributed by atoms with Gasteiger partial charge in [-0.2, -0.15) is 0 Å². The molecule has 0 saturated carbocycles. The summed E-state index contributed by atoms with van der Waals surface area (Å²) in [7, 11) is 0. The Morgan fingerprint density at radius 2 is 1.71 bits per heavy atom. The average molecular weight is 278 g/mol. The van der Waals surface area contributed by atoms with E-state index in [1.54, 1.807) is 12.1 Å². The van der Waals surface area contributed by atoms with Crippen LogP contribution in [0.25, 0.3) is 0 Å². The number of nitrogens with one attached hydrogen (secondary N) is 1. The van der Waals surface area contributed by atoms with Crippen LogP contribution in [-0.2, 0) is 4.74 Å². The molecule has 0 aromatic heterocycles. The zero-order chi connectivity index (χ0) is 10.5. The summed E-state index contributed by atoms with van der Waals surface area (Å²) in [4.78, 5) is 11.7. The van der Waals surface area contributed by atoms with E-state index in [1.165, 1.54) is 0 Å². The minimum Gasteiger partial charge on any atom is -0.459 e. The third kappa shape index (κ3) is 4.94. The van der Waals surface area contributed by atoms with E-state index in [2.05, 4.69) is 5.32 Å². The zero-order valence-corrected chi connectivity index (χ0v) is 11.1. The summed E-state index contributed by atoms with van der Waals surface area (Å²) < 4.78 is 5.40. The van der Waals surface area contributed by atoms with Crippen molar-refractivity contribution in [3.8, 4) is 0 Å². The molecule has 5 heteroatoms. The molecule has 1 aromatic rings. The van der Waals surface area contributed by atoms with Crippen LogP contribution in [0.3, 0.4) is 0 Å². The van der Waals surface area contributed by atoms with Crippen molar-refractivity contribution in [3.63, 3.8) is 0 Å². The number of esters is 1. The van der Waals surface area contributed by atoms with Crippen molar-refractivity contribution in [2.24, 2.45) is 0 Å². The molecule has 0 bridgehead atoms. The molecular formula is C12H17Cl2NO2. The zero-order valence-electron chi connectivity index (χ0n) is 9.43. The molecule has 0 radical (unpaired) electrons. The maximum atomic E-state index is 11.7. The largest absolute Gasteiger partial charge is 0.459 e. The van der Waals surface area contributed by atoms with Gasteiger partial charge in [-0.25, -0.2) is 4.79 Å². The Bertz CT molecular complexity index is 327. The van der Waals surface area contributed by atoms with Gasteiger partial charge in [0.25, 0.3) is 0 Å². The highest BCUT2D eigenvalue weighted by Crippen LogP contribution is 2.10. The Morgan fingerprint density at radius 1 is 1.12 bits per heavy atom. The Labute approximate surface area is 114 Å². The molecule has 2 rings (SSSR count). The Hall–Kier alpha value is -0.770. The third-order valence-corrected chi connectivity index (χ3v) is 2.57. The predicted octanol–water partition coefficient (Wildman–Crippen LogP) is 2.44. The molecule has 1 fully saturated rings. The van der Waals surface area contributed by atoms with Gasteiger partial charge in [-0.1, -0.05) is 18.2 Å². The first-order valence-corrected chi connectivity index (χ1v) is 5.33. The molecule has 0 atom stereocenters. The van der Waals surface area contributed by atoms with Crippen molar-refractivity contribution >= 4 is 30.8 Å². The smallest absolute Gasteiger partial charge is 0.338 e. The van der Waals surface area contributed by atoms with E-state index >= 15 is 0 Å². The van der Waals surface area contributed by atoms with Gasteiger partial charge in [0.1, 0.15) is 6.10 Å². The average Bonchev–Trinajstić information content (AvgIpc) is 2.31. The highest BCUT2D eigenvalue weighted by Gasteiger charge is 2.17. The number of rotatable bonds is 2. The maximum absolute atomic E-state index is 11.7. The Kier molecular flexibility index (Phi) is 7.96. The van der Waals surface area contributed by atoms with Gasteiger partial charge in [-0.3, -0.25) is 0 Å². The summed E-state index contributed by atoms with van der Waals surface area (Å²) in [6, 6.07) is 9.15. The normalized spacial score (nSPS) is 15.3. The summed E-state index contributed by atoms with van der Waals surface area (Å²) in [5.41, 5.74) is 0.635. The second-order valence-electron chi connectivity index (χ2n) is 3.72. The highest BCUT2D eigenvalue weighted by molar-refractivity contribution is 5.89. The fourth-order valence-corrected chi connectivity index (χ4v) is 1.71. The van der Waals surface area contributed by atoms with Gasteiger partial charge in [0.15, 0.2) is 0 Å². The van der Waals surface area contributed by atoms with Crippen LogP contribution < -0.4 is 5.32 Å². The molecule has 3 nitrogen and oxygen atoms in total. The van der Waals surface area contributed by atoms with E-state index in [-0.39, 0.29) is 36.9 Å². The van der Waals surface area contributed by atoms with Crippen molar-refractivity contribution in [3.05, 3.63) is 35.9 Å². The summed E-state index contributed by atoms with van der Waals surface area (Å²) in [6.45, 7) is 1.87. The quantitative estimate of drug-likeness (QED) is 0.844. The van der Waals surface area contributed by atoms with Crippen LogP contribution in [0.15, 0.2) is 30.3 Å². The summed E-state index contributed by atoms with van der Waals surface area (Å²) in [5, 5.41) is 3.24. The fraction of sp³-hybridized carbons (Fsp3) is 0.417.